The highest BCUT2D eigenvalue weighted by atomic mass is 28.4. The first-order chi connectivity index (χ1) is 8.33. The molecule has 0 fully saturated rings. The molecule has 17 heavy (non-hydrogen) atoms. The average molecular weight is 401 g/mol. The van der Waals surface area contributed by atoms with Crippen LogP contribution < -0.4 is 0 Å². The van der Waals surface area contributed by atoms with Crippen LogP contribution in [0, 0.1) is 0 Å². The van der Waals surface area contributed by atoms with E-state index in [0.717, 1.165) is 31.5 Å². The highest BCUT2D eigenvalue weighted by Gasteiger charge is 1.86. The van der Waals surface area contributed by atoms with Crippen molar-refractivity contribution in [3.8, 4) is 0 Å². The maximum atomic E-state index is 5.16. The van der Waals surface area contributed by atoms with Crippen LogP contribution in [0.25, 0.3) is 0 Å². The maximum absolute atomic E-state index is 5.16. The van der Waals surface area contributed by atoms with Crippen molar-refractivity contribution < 1.29 is 28.8 Å². The van der Waals surface area contributed by atoms with Gasteiger partial charge in [0.2, 0.25) is 0 Å². The van der Waals surface area contributed by atoms with E-state index in [9.17, 15) is 0 Å². The van der Waals surface area contributed by atoms with Crippen LogP contribution >= 0.6 is 0 Å². The third-order valence-electron chi connectivity index (χ3n) is 1.14. The monoisotopic (exact) mass is 400 g/mol. The van der Waals surface area contributed by atoms with Gasteiger partial charge in [-0.3, -0.25) is 0 Å². The van der Waals surface area contributed by atoms with Gasteiger partial charge in [0.05, 0.1) is 0 Å². The zero-order chi connectivity index (χ0) is 13.2. The molecule has 0 saturated carbocycles. The average Bonchev–Trinajstić information content (AvgIpc) is 2.36. The molecule has 0 bridgehead atoms. The minimum atomic E-state index is -0.693. The summed E-state index contributed by atoms with van der Waals surface area (Å²) in [4.78, 5) is 0. The molecule has 0 spiro atoms. The molecule has 0 aromatic rings. The van der Waals surface area contributed by atoms with Crippen molar-refractivity contribution in [2.75, 3.05) is 0 Å². The van der Waals surface area contributed by atoms with Crippen LogP contribution in [0.2, 0.25) is 6.55 Å². The number of rotatable bonds is 11. The van der Waals surface area contributed by atoms with E-state index >= 15 is 0 Å². The van der Waals surface area contributed by atoms with Gasteiger partial charge in [0.15, 0.2) is 0 Å². The molecule has 0 aliphatic rings. The molecule has 0 amide bonds. The predicted octanol–water partition coefficient (Wildman–Crippen LogP) is -8.94. The summed E-state index contributed by atoms with van der Waals surface area (Å²) < 4.78 is 35.3. The van der Waals surface area contributed by atoms with Crippen molar-refractivity contribution in [2.24, 2.45) is 0 Å². The van der Waals surface area contributed by atoms with Crippen molar-refractivity contribution in [3.63, 3.8) is 0 Å². The summed E-state index contributed by atoms with van der Waals surface area (Å²) in [5, 5.41) is 0. The maximum Gasteiger partial charge on any atom is 0.286 e. The molecular formula is CH24O7Si9. The molecule has 0 rings (SSSR count). The lowest BCUT2D eigenvalue weighted by Crippen LogP contribution is -2.13. The van der Waals surface area contributed by atoms with Crippen molar-refractivity contribution in [1.82, 2.24) is 0 Å². The molecule has 0 aliphatic heterocycles. The third kappa shape index (κ3) is 27.0. The van der Waals surface area contributed by atoms with Crippen LogP contribution in [0.1, 0.15) is 0 Å². The standard InChI is InChI=1S/CH12O3Si4.H12O4Si5/c1-6-3-8-4-7-2-5;5-1-7-3-9-4-8-2-6/h6-8H2,1,5H3;7-9H2,5-6H3. The summed E-state index contributed by atoms with van der Waals surface area (Å²) in [6, 6.07) is 0. The van der Waals surface area contributed by atoms with E-state index in [4.69, 9.17) is 28.8 Å². The van der Waals surface area contributed by atoms with Crippen LogP contribution in [0.3, 0.4) is 0 Å². The molecule has 0 aromatic heterocycles. The quantitative estimate of drug-likeness (QED) is 0.252. The highest BCUT2D eigenvalue weighted by Crippen LogP contribution is 1.69. The molecule has 7 nitrogen and oxygen atoms in total. The van der Waals surface area contributed by atoms with Gasteiger partial charge in [-0.1, -0.05) is 6.55 Å². The van der Waals surface area contributed by atoms with Gasteiger partial charge in [-0.15, -0.1) is 0 Å². The van der Waals surface area contributed by atoms with Gasteiger partial charge in [0.1, 0.15) is 41.2 Å². The first-order valence-corrected chi connectivity index (χ1v) is 15.3. The molecule has 0 saturated heterocycles. The van der Waals surface area contributed by atoms with E-state index in [1.807, 2.05) is 0 Å². The van der Waals surface area contributed by atoms with Crippen LogP contribution in [0.4, 0.5) is 0 Å². The van der Waals surface area contributed by atoms with Crippen LogP contribution in [-0.2, 0) is 28.8 Å². The fourth-order valence-corrected chi connectivity index (χ4v) is 11.6. The summed E-state index contributed by atoms with van der Waals surface area (Å²) in [5.74, 6) is 0. The van der Waals surface area contributed by atoms with E-state index in [1.165, 1.54) is 0 Å². The lowest BCUT2D eigenvalue weighted by Gasteiger charge is -2.01. The Labute approximate surface area is 126 Å². The second-order valence-electron chi connectivity index (χ2n) is 2.56. The Morgan fingerprint density at radius 3 is 1.24 bits per heavy atom. The van der Waals surface area contributed by atoms with Crippen LogP contribution in [0.15, 0.2) is 0 Å². The van der Waals surface area contributed by atoms with Crippen LogP contribution in [0.5, 0.6) is 0 Å². The Morgan fingerprint density at radius 1 is 0.588 bits per heavy atom. The van der Waals surface area contributed by atoms with Crippen molar-refractivity contribution >= 4 is 91.3 Å². The lowest BCUT2D eigenvalue weighted by molar-refractivity contribution is 0.410. The second kappa shape index (κ2) is 22.8. The molecule has 0 radical (unpaired) electrons. The van der Waals surface area contributed by atoms with E-state index in [0.29, 0.717) is 0 Å². The van der Waals surface area contributed by atoms with Gasteiger partial charge >= 0.3 is 0 Å². The lowest BCUT2D eigenvalue weighted by atomic mass is 11.9. The topological polar surface area (TPSA) is 64.6 Å². The molecule has 0 aliphatic carbocycles. The Hall–Kier alpha value is 1.67. The van der Waals surface area contributed by atoms with E-state index in [-0.39, 0.29) is 9.76 Å². The normalized spacial score (nSPS) is 14.6. The Kier molecular flexibility index (Phi) is 28.2. The van der Waals surface area contributed by atoms with E-state index in [1.54, 1.807) is 0 Å². The first-order valence-electron chi connectivity index (χ1n) is 5.11. The van der Waals surface area contributed by atoms with Gasteiger partial charge < -0.3 is 28.8 Å². The van der Waals surface area contributed by atoms with Gasteiger partial charge in [0.25, 0.3) is 50.0 Å². The summed E-state index contributed by atoms with van der Waals surface area (Å²) in [7, 11) is -0.889. The predicted molar refractivity (Wildman–Crippen MR) is 94.5 cm³/mol. The summed E-state index contributed by atoms with van der Waals surface area (Å²) in [5.41, 5.74) is 0. The zero-order valence-corrected chi connectivity index (χ0v) is 25.6. The number of hydrogen-bond donors (Lipinski definition) is 0. The molecule has 16 heteroatoms. The highest BCUT2D eigenvalue weighted by molar-refractivity contribution is 6.44. The Bertz CT molecular complexity index is 106. The fourth-order valence-electron chi connectivity index (χ4n) is 0.553. The molecule has 106 valence electrons. The SMILES string of the molecule is C[SiH2]O[SiH2]O[SiH2]O[SiH3].[SiH3]O[SiH2]O[SiH2]O[SiH2]O[SiH3]. The first kappa shape index (κ1) is 21.0. The summed E-state index contributed by atoms with van der Waals surface area (Å²) in [6.45, 7) is 2.11. The molecule has 0 unspecified atom stereocenters. The van der Waals surface area contributed by atoms with Crippen molar-refractivity contribution in [2.45, 2.75) is 6.55 Å². The van der Waals surface area contributed by atoms with Crippen molar-refractivity contribution in [3.05, 3.63) is 0 Å². The van der Waals surface area contributed by atoms with Crippen molar-refractivity contribution in [1.29, 1.82) is 0 Å². The van der Waals surface area contributed by atoms with Gasteiger partial charge in [-0.05, 0) is 0 Å². The molecule has 0 atom stereocenters. The largest absolute Gasteiger partial charge is 0.449 e. The molecule has 0 heterocycles. The molecular weight excluding hydrogens is 377 g/mol. The summed E-state index contributed by atoms with van der Waals surface area (Å²) >= 11 is 0. The minimum Gasteiger partial charge on any atom is -0.449 e. The van der Waals surface area contributed by atoms with Gasteiger partial charge in [0, 0.05) is 0 Å². The Morgan fingerprint density at radius 2 is 0.941 bits per heavy atom. The number of hydrogen-bond acceptors (Lipinski definition) is 7. The third-order valence-corrected chi connectivity index (χ3v) is 10.3. The minimum absolute atomic E-state index is 0.199. The molecule has 0 aromatic carbocycles. The Balaban J connectivity index is 0. The fraction of sp³-hybridized carbons (Fsp3) is 1.00. The zero-order valence-electron chi connectivity index (χ0n) is 11.1. The van der Waals surface area contributed by atoms with E-state index in [2.05, 4.69) is 6.55 Å². The smallest absolute Gasteiger partial charge is 0.286 e. The second-order valence-corrected chi connectivity index (χ2v) is 17.8. The van der Waals surface area contributed by atoms with Crippen LogP contribution in [-0.4, -0.2) is 91.3 Å². The van der Waals surface area contributed by atoms with Gasteiger partial charge in [-0.25, -0.2) is 0 Å². The summed E-state index contributed by atoms with van der Waals surface area (Å²) in [6.07, 6.45) is 0. The van der Waals surface area contributed by atoms with E-state index < -0.39 is 50.0 Å². The molecule has 0 N–H and O–H groups in total. The van der Waals surface area contributed by atoms with Gasteiger partial charge in [-0.2, -0.15) is 0 Å².